The van der Waals surface area contributed by atoms with Gasteiger partial charge in [-0.2, -0.15) is 13.2 Å². The smallest absolute Gasteiger partial charge is 0.430 e. The highest BCUT2D eigenvalue weighted by Crippen LogP contribution is 2.23. The molecule has 0 unspecified atom stereocenters. The van der Waals surface area contributed by atoms with Crippen molar-refractivity contribution in [2.75, 3.05) is 40.8 Å². The fourth-order valence-electron chi connectivity index (χ4n) is 6.97. The number of guanidine groups is 1. The number of carbonyl (C=O) groups is 7. The van der Waals surface area contributed by atoms with Gasteiger partial charge >= 0.3 is 12.1 Å². The lowest BCUT2D eigenvalue weighted by atomic mass is 9.85. The molecule has 0 bridgehead atoms. The van der Waals surface area contributed by atoms with Crippen LogP contribution in [0.2, 0.25) is 0 Å². The van der Waals surface area contributed by atoms with Crippen LogP contribution in [0.15, 0.2) is 29.3 Å². The molecule has 0 spiro atoms. The second-order valence-electron chi connectivity index (χ2n) is 19.0. The van der Waals surface area contributed by atoms with Gasteiger partial charge in [-0.05, 0) is 80.4 Å². The molecule has 66 heavy (non-hydrogen) atoms. The van der Waals surface area contributed by atoms with Crippen molar-refractivity contribution in [2.24, 2.45) is 27.8 Å². The highest BCUT2D eigenvalue weighted by Gasteiger charge is 2.41. The van der Waals surface area contributed by atoms with Crippen molar-refractivity contribution >= 4 is 47.4 Å². The predicted molar refractivity (Wildman–Crippen MR) is 238 cm³/mol. The molecular formula is C44H72F3N9O10. The largest absolute Gasteiger partial charge is 0.542 e. The minimum atomic E-state index is -5.19. The number of carboxylic acid groups (broad SMARTS) is 2. The van der Waals surface area contributed by atoms with E-state index in [4.69, 9.17) is 21.4 Å². The molecule has 1 saturated heterocycles. The summed E-state index contributed by atoms with van der Waals surface area (Å²) in [5, 5.41) is 39.5. The number of unbranched alkanes of at least 4 members (excludes halogenated alkanes) is 3. The molecule has 0 saturated carbocycles. The van der Waals surface area contributed by atoms with Crippen LogP contribution in [0.1, 0.15) is 104 Å². The summed E-state index contributed by atoms with van der Waals surface area (Å²) in [5.41, 5.74) is 10.7. The van der Waals surface area contributed by atoms with Crippen LogP contribution in [-0.4, -0.2) is 144 Å². The van der Waals surface area contributed by atoms with Crippen LogP contribution < -0.4 is 37.8 Å². The van der Waals surface area contributed by atoms with Crippen molar-refractivity contribution in [1.82, 2.24) is 26.2 Å². The number of hydrogen-bond acceptors (Lipinski definition) is 10. The number of halogens is 3. The van der Waals surface area contributed by atoms with E-state index < -0.39 is 77.4 Å². The monoisotopic (exact) mass is 944 g/mol. The maximum absolute atomic E-state index is 14.2. The zero-order valence-corrected chi connectivity index (χ0v) is 39.5. The molecule has 19 nitrogen and oxygen atoms in total. The number of carboxylic acids is 2. The topological polar surface area (TPSA) is 299 Å². The van der Waals surface area contributed by atoms with E-state index in [0.717, 1.165) is 30.3 Å². The van der Waals surface area contributed by atoms with E-state index >= 15 is 0 Å². The summed E-state index contributed by atoms with van der Waals surface area (Å²) in [7, 11) is 6.42. The number of likely N-dealkylation sites (tertiary alicyclic amines) is 1. The average molecular weight is 944 g/mol. The molecule has 374 valence electrons. The number of alkyl halides is 3. The number of hydrogen-bond donors (Lipinski definition) is 8. The quantitative estimate of drug-likeness (QED) is 0.0312. The Kier molecular flexibility index (Phi) is 23.9. The Morgan fingerprint density at radius 2 is 1.45 bits per heavy atom. The van der Waals surface area contributed by atoms with Crippen molar-refractivity contribution in [3.8, 4) is 5.75 Å². The predicted octanol–water partition coefficient (Wildman–Crippen LogP) is 1.05. The molecule has 10 N–H and O–H groups in total. The average Bonchev–Trinajstić information content (AvgIpc) is 3.68. The van der Waals surface area contributed by atoms with Gasteiger partial charge in [0.1, 0.15) is 41.9 Å². The molecule has 1 fully saturated rings. The lowest BCUT2D eigenvalue weighted by Gasteiger charge is -2.33. The summed E-state index contributed by atoms with van der Waals surface area (Å²) in [6, 6.07) is 0.625. The Hall–Kier alpha value is -5.67. The number of aliphatic carboxylic acids is 2. The van der Waals surface area contributed by atoms with Crippen LogP contribution in [0.5, 0.6) is 5.75 Å². The molecule has 1 aromatic rings. The summed E-state index contributed by atoms with van der Waals surface area (Å²) in [4.78, 5) is 95.3. The SMILES string of the molecule is CC(C)C[C@H](NC(=O)[C@@H](NC(=O)[C@H](Cc1ccc(O)cc1)NC(=O)[C@@H]1CCCN1C(=O)[C@H](CCCN=C(N)N)NC(=O)CCCCCC[N+](C)(C)C)C(C)(C)C)C(=O)O.O=C([O-])C(F)(F)F. The number of quaternary nitrogens is 1. The Morgan fingerprint density at radius 3 is 1.97 bits per heavy atom. The van der Waals surface area contributed by atoms with Gasteiger partial charge in [0.05, 0.1) is 27.7 Å². The van der Waals surface area contributed by atoms with Gasteiger partial charge in [-0.15, -0.1) is 0 Å². The molecule has 1 aliphatic rings. The minimum Gasteiger partial charge on any atom is -0.542 e. The number of phenolic OH excluding ortho intramolecular Hbond substituents is 1. The van der Waals surface area contributed by atoms with Crippen LogP contribution in [0, 0.1) is 11.3 Å². The van der Waals surface area contributed by atoms with Crippen molar-refractivity contribution in [2.45, 2.75) is 142 Å². The zero-order chi connectivity index (χ0) is 50.6. The van der Waals surface area contributed by atoms with Crippen LogP contribution in [0.25, 0.3) is 0 Å². The minimum absolute atomic E-state index is 0.00757. The number of aromatic hydroxyl groups is 1. The number of nitrogens with two attached hydrogens (primary N) is 2. The molecule has 2 rings (SSSR count). The maximum atomic E-state index is 14.2. The number of rotatable bonds is 24. The zero-order valence-electron chi connectivity index (χ0n) is 39.5. The number of nitrogens with one attached hydrogen (secondary N) is 4. The number of aliphatic imine (C=N–C) groups is 1. The number of benzene rings is 1. The van der Waals surface area contributed by atoms with Crippen molar-refractivity contribution in [1.29, 1.82) is 0 Å². The fourth-order valence-corrected chi connectivity index (χ4v) is 6.97. The van der Waals surface area contributed by atoms with Gasteiger partial charge in [-0.25, -0.2) is 4.79 Å². The van der Waals surface area contributed by atoms with E-state index in [2.05, 4.69) is 47.4 Å². The van der Waals surface area contributed by atoms with Gasteiger partial charge in [-0.1, -0.05) is 53.2 Å². The third kappa shape index (κ3) is 23.0. The summed E-state index contributed by atoms with van der Waals surface area (Å²) < 4.78 is 32.4. The molecule has 0 radical (unpaired) electrons. The first-order chi connectivity index (χ1) is 30.4. The standard InChI is InChI=1S/C42H71N9O8.C2HF3O2/c1-27(2)25-32(40(58)59)48-38(56)35(42(3,4)5)49-36(54)31(26-28-18-20-29(52)21-19-28)47-37(55)33-16-14-23-50(33)39(57)30(15-13-22-45-41(43)44)46-34(53)17-11-9-10-12-24-51(6,7)8;3-2(4,5)1(6)7/h18-21,27,30-33,35H,9-17,22-26H2,1-8H3,(H9-,43,44,45,46,47,48,49,52,53,54,55,56,58,59);(H,6,7)/t30-,31-,32-,33-,35+;/m0./s1. The molecule has 1 aliphatic heterocycles. The number of nitrogens with zero attached hydrogens (tertiary/aromatic N) is 3. The molecule has 0 aliphatic carbocycles. The second kappa shape index (κ2) is 27.1. The third-order valence-corrected chi connectivity index (χ3v) is 10.4. The molecule has 1 aromatic carbocycles. The van der Waals surface area contributed by atoms with Gasteiger partial charge in [0.2, 0.25) is 29.5 Å². The van der Waals surface area contributed by atoms with E-state index in [1.807, 2.05) is 13.8 Å². The lowest BCUT2D eigenvalue weighted by Crippen LogP contribution is -2.61. The van der Waals surface area contributed by atoms with E-state index in [9.17, 15) is 52.2 Å². The third-order valence-electron chi connectivity index (χ3n) is 10.4. The first-order valence-corrected chi connectivity index (χ1v) is 22.1. The summed E-state index contributed by atoms with van der Waals surface area (Å²) in [5.74, 6) is -6.98. The van der Waals surface area contributed by atoms with Crippen molar-refractivity contribution in [3.05, 3.63) is 29.8 Å². The maximum Gasteiger partial charge on any atom is 0.430 e. The highest BCUT2D eigenvalue weighted by molar-refractivity contribution is 5.96. The first-order valence-electron chi connectivity index (χ1n) is 22.1. The van der Waals surface area contributed by atoms with Gasteiger partial charge < -0.3 is 62.2 Å². The molecule has 1 heterocycles. The molecular weight excluding hydrogens is 872 g/mol. The number of phenols is 1. The van der Waals surface area contributed by atoms with Gasteiger partial charge in [-0.3, -0.25) is 29.0 Å². The van der Waals surface area contributed by atoms with Gasteiger partial charge in [0.15, 0.2) is 5.96 Å². The van der Waals surface area contributed by atoms with Gasteiger partial charge in [0, 0.05) is 25.9 Å². The summed E-state index contributed by atoms with van der Waals surface area (Å²) in [6.07, 6.45) is 0.256. The lowest BCUT2D eigenvalue weighted by molar-refractivity contribution is -0.870. The molecule has 22 heteroatoms. The van der Waals surface area contributed by atoms with Crippen molar-refractivity contribution in [3.63, 3.8) is 0 Å². The van der Waals surface area contributed by atoms with E-state index in [-0.39, 0.29) is 62.3 Å². The normalized spacial score (nSPS) is 15.8. The Balaban J connectivity index is 0.00000286. The Labute approximate surface area is 385 Å². The Morgan fingerprint density at radius 1 is 0.864 bits per heavy atom. The molecule has 0 aromatic heterocycles. The molecule has 5 amide bonds. The van der Waals surface area contributed by atoms with Crippen LogP contribution in [0.4, 0.5) is 13.2 Å². The van der Waals surface area contributed by atoms with E-state index in [0.29, 0.717) is 31.2 Å². The number of amides is 5. The van der Waals surface area contributed by atoms with Crippen LogP contribution >= 0.6 is 0 Å². The number of carbonyl (C=O) groups excluding carboxylic acids is 6. The Bertz CT molecular complexity index is 1790. The first kappa shape index (κ1) is 58.3. The summed E-state index contributed by atoms with van der Waals surface area (Å²) >= 11 is 0. The van der Waals surface area contributed by atoms with Crippen molar-refractivity contribution < 1.29 is 66.5 Å². The van der Waals surface area contributed by atoms with Crippen LogP contribution in [-0.2, 0) is 40.0 Å². The fraction of sp³-hybridized carbons (Fsp3) is 0.682. The molecule has 5 atom stereocenters. The van der Waals surface area contributed by atoms with E-state index in [1.165, 1.54) is 17.0 Å². The van der Waals surface area contributed by atoms with Crippen LogP contribution in [0.3, 0.4) is 0 Å². The highest BCUT2D eigenvalue weighted by atomic mass is 19.4. The summed E-state index contributed by atoms with van der Waals surface area (Å²) in [6.45, 7) is 10.4. The van der Waals surface area contributed by atoms with E-state index in [1.54, 1.807) is 32.9 Å². The van der Waals surface area contributed by atoms with Gasteiger partial charge in [0.25, 0.3) is 0 Å². The second-order valence-corrected chi connectivity index (χ2v) is 19.0.